The quantitative estimate of drug-likeness (QED) is 0.622. The molecule has 3 aromatic rings. The Balaban J connectivity index is 2.02. The van der Waals surface area contributed by atoms with Gasteiger partial charge in [0, 0.05) is 11.1 Å². The number of hydrogen-bond donors (Lipinski definition) is 1. The van der Waals surface area contributed by atoms with Crippen molar-refractivity contribution in [1.29, 1.82) is 0 Å². The van der Waals surface area contributed by atoms with Crippen molar-refractivity contribution < 1.29 is 26.7 Å². The van der Waals surface area contributed by atoms with Crippen molar-refractivity contribution in [2.24, 2.45) is 0 Å². The third-order valence-corrected chi connectivity index (χ3v) is 3.78. The van der Waals surface area contributed by atoms with Crippen LogP contribution >= 0.6 is 11.6 Å². The predicted molar refractivity (Wildman–Crippen MR) is 87.9 cm³/mol. The lowest BCUT2D eigenvalue weighted by atomic mass is 10.2. The summed E-state index contributed by atoms with van der Waals surface area (Å²) < 4.78 is 67.8. The molecule has 1 N–H and O–H groups in total. The molecule has 0 aliphatic carbocycles. The maximum Gasteiger partial charge on any atom is 0.434 e. The molecule has 1 heterocycles. The van der Waals surface area contributed by atoms with Gasteiger partial charge in [0.25, 0.3) is 5.91 Å². The first-order valence-electron chi connectivity index (χ1n) is 7.34. The van der Waals surface area contributed by atoms with E-state index in [0.717, 1.165) is 12.1 Å². The Bertz CT molecular complexity index is 999. The highest BCUT2D eigenvalue weighted by atomic mass is 35.5. The second kappa shape index (κ2) is 6.99. The molecule has 2 aromatic carbocycles. The molecule has 0 radical (unpaired) electrons. The maximum atomic E-state index is 13.7. The van der Waals surface area contributed by atoms with Crippen LogP contribution in [0.3, 0.4) is 0 Å². The topological polar surface area (TPSA) is 46.9 Å². The number of carbonyl (C=O) groups excluding carboxylic acids is 1. The largest absolute Gasteiger partial charge is 0.434 e. The Morgan fingerprint density at radius 2 is 1.74 bits per heavy atom. The Kier molecular flexibility index (Phi) is 4.88. The lowest BCUT2D eigenvalue weighted by Crippen LogP contribution is -2.21. The van der Waals surface area contributed by atoms with Crippen LogP contribution in [0.15, 0.2) is 48.7 Å². The van der Waals surface area contributed by atoms with Crippen molar-refractivity contribution in [3.05, 3.63) is 76.6 Å². The van der Waals surface area contributed by atoms with E-state index < -0.39 is 40.7 Å². The molecule has 0 aliphatic heterocycles. The van der Waals surface area contributed by atoms with Gasteiger partial charge in [-0.2, -0.15) is 18.3 Å². The van der Waals surface area contributed by atoms with Crippen molar-refractivity contribution in [2.75, 3.05) is 5.32 Å². The van der Waals surface area contributed by atoms with E-state index in [0.29, 0.717) is 22.0 Å². The summed E-state index contributed by atoms with van der Waals surface area (Å²) >= 11 is 5.72. The minimum atomic E-state index is -4.93. The van der Waals surface area contributed by atoms with E-state index in [4.69, 9.17) is 11.6 Å². The van der Waals surface area contributed by atoms with Crippen molar-refractivity contribution in [3.8, 4) is 5.69 Å². The first kappa shape index (κ1) is 18.8. The molecule has 27 heavy (non-hydrogen) atoms. The van der Waals surface area contributed by atoms with Crippen LogP contribution in [0, 0.1) is 11.6 Å². The minimum Gasteiger partial charge on any atom is -0.319 e. The number of hydrogen-bond acceptors (Lipinski definition) is 2. The number of carbonyl (C=O) groups is 1. The predicted octanol–water partition coefficient (Wildman–Crippen LogP) is 5.08. The Labute approximate surface area is 154 Å². The zero-order chi connectivity index (χ0) is 19.8. The van der Waals surface area contributed by atoms with Crippen molar-refractivity contribution in [1.82, 2.24) is 9.78 Å². The van der Waals surface area contributed by atoms with Gasteiger partial charge in [-0.1, -0.05) is 11.6 Å². The molecule has 140 valence electrons. The first-order chi connectivity index (χ1) is 12.7. The number of halogens is 6. The Morgan fingerprint density at radius 1 is 1.07 bits per heavy atom. The monoisotopic (exact) mass is 401 g/mol. The van der Waals surface area contributed by atoms with Gasteiger partial charge in [0.05, 0.1) is 23.1 Å². The fourth-order valence-corrected chi connectivity index (χ4v) is 2.47. The number of nitrogens with one attached hydrogen (secondary N) is 1. The summed E-state index contributed by atoms with van der Waals surface area (Å²) in [7, 11) is 0. The molecule has 3 rings (SSSR count). The van der Waals surface area contributed by atoms with Gasteiger partial charge in [-0.15, -0.1) is 0 Å². The molecule has 1 amide bonds. The van der Waals surface area contributed by atoms with Crippen LogP contribution in [-0.2, 0) is 6.18 Å². The van der Waals surface area contributed by atoms with Crippen molar-refractivity contribution >= 4 is 23.2 Å². The van der Waals surface area contributed by atoms with Crippen LogP contribution in [0.5, 0.6) is 0 Å². The summed E-state index contributed by atoms with van der Waals surface area (Å²) in [4.78, 5) is 12.3. The van der Waals surface area contributed by atoms with Gasteiger partial charge in [-0.05, 0) is 36.4 Å². The zero-order valence-electron chi connectivity index (χ0n) is 13.2. The molecule has 0 unspecified atom stereocenters. The van der Waals surface area contributed by atoms with E-state index in [1.54, 1.807) is 0 Å². The highest BCUT2D eigenvalue weighted by Gasteiger charge is 2.40. The molecule has 10 heteroatoms. The van der Waals surface area contributed by atoms with E-state index in [9.17, 15) is 26.7 Å². The van der Waals surface area contributed by atoms with Gasteiger partial charge in [-0.25, -0.2) is 13.5 Å². The minimum absolute atomic E-state index is 0.0266. The number of anilines is 1. The van der Waals surface area contributed by atoms with E-state index >= 15 is 0 Å². The van der Waals surface area contributed by atoms with Gasteiger partial charge < -0.3 is 5.32 Å². The van der Waals surface area contributed by atoms with Gasteiger partial charge in [0.1, 0.15) is 11.6 Å². The molecule has 0 spiro atoms. The molecule has 4 nitrogen and oxygen atoms in total. The Hall–Kier alpha value is -2.94. The van der Waals surface area contributed by atoms with Gasteiger partial charge >= 0.3 is 6.18 Å². The van der Waals surface area contributed by atoms with Crippen LogP contribution in [0.25, 0.3) is 5.69 Å². The lowest BCUT2D eigenvalue weighted by Gasteiger charge is -2.13. The van der Waals surface area contributed by atoms with E-state index in [2.05, 4.69) is 5.10 Å². The molecule has 0 fully saturated rings. The molecule has 0 saturated heterocycles. The summed E-state index contributed by atoms with van der Waals surface area (Å²) in [6.45, 7) is 0. The van der Waals surface area contributed by atoms with Gasteiger partial charge in [-0.3, -0.25) is 4.79 Å². The number of benzene rings is 2. The molecule has 0 bridgehead atoms. The number of amides is 1. The smallest absolute Gasteiger partial charge is 0.319 e. The summed E-state index contributed by atoms with van der Waals surface area (Å²) in [5, 5.41) is 5.92. The average Bonchev–Trinajstić information content (AvgIpc) is 3.03. The van der Waals surface area contributed by atoms with Crippen LogP contribution in [-0.4, -0.2) is 15.7 Å². The van der Waals surface area contributed by atoms with Crippen LogP contribution < -0.4 is 5.32 Å². The summed E-state index contributed by atoms with van der Waals surface area (Å²) in [6, 6.07) is 7.59. The maximum absolute atomic E-state index is 13.7. The molecular formula is C17H9ClF5N3O. The molecule has 1 aromatic heterocycles. The van der Waals surface area contributed by atoms with Crippen molar-refractivity contribution in [2.45, 2.75) is 6.18 Å². The van der Waals surface area contributed by atoms with Gasteiger partial charge in [0.2, 0.25) is 0 Å². The second-order valence-electron chi connectivity index (χ2n) is 5.37. The molecule has 0 atom stereocenters. The normalized spacial score (nSPS) is 11.5. The average molecular weight is 402 g/mol. The summed E-state index contributed by atoms with van der Waals surface area (Å²) in [5.74, 6) is -3.26. The van der Waals surface area contributed by atoms with Crippen LogP contribution in [0.4, 0.5) is 27.6 Å². The van der Waals surface area contributed by atoms with E-state index in [-0.39, 0.29) is 5.69 Å². The second-order valence-corrected chi connectivity index (χ2v) is 5.81. The SMILES string of the molecule is O=C(Nc1ccc(F)cc1F)c1cnn(-c2ccc(Cl)cc2)c1C(F)(F)F. The van der Waals surface area contributed by atoms with Crippen LogP contribution in [0.2, 0.25) is 5.02 Å². The van der Waals surface area contributed by atoms with Gasteiger partial charge in [0.15, 0.2) is 5.69 Å². The highest BCUT2D eigenvalue weighted by Crippen LogP contribution is 2.34. The standard InChI is InChI=1S/C17H9ClF5N3O/c18-9-1-4-11(5-2-9)26-15(17(21,22)23)12(8-24-26)16(27)25-14-6-3-10(19)7-13(14)20/h1-8H,(H,25,27). The lowest BCUT2D eigenvalue weighted by molar-refractivity contribution is -0.143. The van der Waals surface area contributed by atoms with E-state index in [1.165, 1.54) is 24.3 Å². The van der Waals surface area contributed by atoms with Crippen LogP contribution in [0.1, 0.15) is 16.1 Å². The number of alkyl halides is 3. The Morgan fingerprint density at radius 3 is 2.33 bits per heavy atom. The molecule has 0 aliphatic rings. The first-order valence-corrected chi connectivity index (χ1v) is 7.72. The fraction of sp³-hybridized carbons (Fsp3) is 0.0588. The third kappa shape index (κ3) is 3.92. The number of rotatable bonds is 3. The number of aromatic nitrogens is 2. The zero-order valence-corrected chi connectivity index (χ0v) is 13.9. The fourth-order valence-electron chi connectivity index (χ4n) is 2.35. The summed E-state index contributed by atoms with van der Waals surface area (Å²) in [6.07, 6.45) is -4.21. The number of nitrogens with zero attached hydrogens (tertiary/aromatic N) is 2. The molecular weight excluding hydrogens is 393 g/mol. The summed E-state index contributed by atoms with van der Waals surface area (Å²) in [5.41, 5.74) is -2.60. The third-order valence-electron chi connectivity index (χ3n) is 3.53. The van der Waals surface area contributed by atoms with E-state index in [1.807, 2.05) is 5.32 Å². The van der Waals surface area contributed by atoms with Crippen molar-refractivity contribution in [3.63, 3.8) is 0 Å². The highest BCUT2D eigenvalue weighted by molar-refractivity contribution is 6.30. The molecule has 0 saturated carbocycles.